The van der Waals surface area contributed by atoms with E-state index in [4.69, 9.17) is 4.74 Å². The summed E-state index contributed by atoms with van der Waals surface area (Å²) in [6.07, 6.45) is 0.647. The molecule has 0 aromatic heterocycles. The third-order valence-electron chi connectivity index (χ3n) is 2.96. The maximum absolute atomic E-state index is 11.9. The van der Waals surface area contributed by atoms with Crippen molar-refractivity contribution in [3.8, 4) is 5.75 Å². The van der Waals surface area contributed by atoms with E-state index < -0.39 is 15.8 Å². The van der Waals surface area contributed by atoms with E-state index in [-0.39, 0.29) is 23.8 Å². The molecule has 8 heteroatoms. The second kappa shape index (κ2) is 6.46. The van der Waals surface area contributed by atoms with Crippen LogP contribution in [-0.4, -0.2) is 25.9 Å². The molecule has 0 bridgehead atoms. The number of halogens is 3. The molecule has 0 aliphatic carbocycles. The van der Waals surface area contributed by atoms with Crippen LogP contribution in [0.5, 0.6) is 5.75 Å². The lowest BCUT2D eigenvalue weighted by atomic mass is 10.1. The molecule has 110 valence electrons. The molecule has 0 spiro atoms. The predicted octanol–water partition coefficient (Wildman–Crippen LogP) is 3.70. The van der Waals surface area contributed by atoms with E-state index >= 15 is 0 Å². The number of carbonyl (C=O) groups is 1. The molecule has 1 saturated heterocycles. The molecule has 1 heterocycles. The lowest BCUT2D eigenvalue weighted by Crippen LogP contribution is -2.15. The summed E-state index contributed by atoms with van der Waals surface area (Å²) in [5, 5.41) is 0. The van der Waals surface area contributed by atoms with Gasteiger partial charge in [0, 0.05) is 10.9 Å². The van der Waals surface area contributed by atoms with Gasteiger partial charge >= 0.3 is 5.97 Å². The maximum Gasteiger partial charge on any atom is 0.311 e. The lowest BCUT2D eigenvalue weighted by molar-refractivity contribution is -0.135. The molecular formula is C12H11Br3O4S. The summed E-state index contributed by atoms with van der Waals surface area (Å²) in [5.41, 5.74) is 0. The molecule has 1 aliphatic heterocycles. The molecule has 1 aromatic rings. The summed E-state index contributed by atoms with van der Waals surface area (Å²) < 4.78 is 30.2. The summed E-state index contributed by atoms with van der Waals surface area (Å²) in [7, 11) is -2.97. The molecule has 0 N–H and O–H groups in total. The minimum atomic E-state index is -2.97. The summed E-state index contributed by atoms with van der Waals surface area (Å²) in [4.78, 5) is 11.9. The Bertz CT molecular complexity index is 619. The molecule has 1 aliphatic rings. The first-order valence-electron chi connectivity index (χ1n) is 5.82. The lowest BCUT2D eigenvalue weighted by Gasteiger charge is -2.11. The Hall–Kier alpha value is 0.0800. The molecule has 1 fully saturated rings. The minimum Gasteiger partial charge on any atom is -0.424 e. The highest BCUT2D eigenvalue weighted by molar-refractivity contribution is 9.11. The van der Waals surface area contributed by atoms with Gasteiger partial charge in [0.05, 0.1) is 20.5 Å². The van der Waals surface area contributed by atoms with Crippen molar-refractivity contribution in [1.29, 1.82) is 0 Å². The fourth-order valence-corrected chi connectivity index (χ4v) is 6.33. The first-order valence-corrected chi connectivity index (χ1v) is 10.0. The van der Waals surface area contributed by atoms with Crippen molar-refractivity contribution < 1.29 is 17.9 Å². The van der Waals surface area contributed by atoms with E-state index in [0.29, 0.717) is 21.1 Å². The number of benzene rings is 1. The van der Waals surface area contributed by atoms with Crippen molar-refractivity contribution >= 4 is 63.6 Å². The van der Waals surface area contributed by atoms with Crippen LogP contribution >= 0.6 is 47.8 Å². The van der Waals surface area contributed by atoms with Gasteiger partial charge in [-0.2, -0.15) is 0 Å². The number of hydrogen-bond acceptors (Lipinski definition) is 4. The smallest absolute Gasteiger partial charge is 0.311 e. The van der Waals surface area contributed by atoms with Crippen LogP contribution in [-0.2, 0) is 14.6 Å². The third-order valence-corrected chi connectivity index (χ3v) is 6.43. The van der Waals surface area contributed by atoms with Gasteiger partial charge in [-0.15, -0.1) is 0 Å². The Balaban J connectivity index is 2.02. The van der Waals surface area contributed by atoms with Gasteiger partial charge < -0.3 is 4.74 Å². The first-order chi connectivity index (χ1) is 9.27. The standard InChI is InChI=1S/C12H11Br3O4S/c13-8-4-9(14)12(10(15)5-8)19-11(16)3-7-1-2-20(17,18)6-7/h4-5,7H,1-3,6H2. The fourth-order valence-electron chi connectivity index (χ4n) is 2.05. The molecule has 2 rings (SSSR count). The third kappa shape index (κ3) is 4.29. The second-order valence-corrected chi connectivity index (χ2v) is 9.50. The maximum atomic E-state index is 11.9. The monoisotopic (exact) mass is 488 g/mol. The van der Waals surface area contributed by atoms with Crippen LogP contribution in [0.25, 0.3) is 0 Å². The van der Waals surface area contributed by atoms with Crippen molar-refractivity contribution in [2.75, 3.05) is 11.5 Å². The highest BCUT2D eigenvalue weighted by Gasteiger charge is 2.30. The Morgan fingerprint density at radius 2 is 1.85 bits per heavy atom. The van der Waals surface area contributed by atoms with Gasteiger partial charge in [0.25, 0.3) is 0 Å². The first kappa shape index (κ1) is 16.5. The van der Waals surface area contributed by atoms with Crippen molar-refractivity contribution in [3.63, 3.8) is 0 Å². The van der Waals surface area contributed by atoms with E-state index in [1.807, 2.05) is 0 Å². The number of carbonyl (C=O) groups excluding carboxylic acids is 1. The molecule has 1 aromatic carbocycles. The Morgan fingerprint density at radius 3 is 2.35 bits per heavy atom. The molecule has 0 saturated carbocycles. The topological polar surface area (TPSA) is 60.4 Å². The van der Waals surface area contributed by atoms with E-state index in [0.717, 1.165) is 4.47 Å². The molecule has 1 unspecified atom stereocenters. The van der Waals surface area contributed by atoms with Gasteiger partial charge in [-0.3, -0.25) is 4.79 Å². The van der Waals surface area contributed by atoms with Crippen LogP contribution in [0.3, 0.4) is 0 Å². The number of sulfone groups is 1. The summed E-state index contributed by atoms with van der Waals surface area (Å²) >= 11 is 9.98. The highest BCUT2D eigenvalue weighted by atomic mass is 79.9. The van der Waals surface area contributed by atoms with Gasteiger partial charge in [0.1, 0.15) is 0 Å². The van der Waals surface area contributed by atoms with Crippen LogP contribution in [0.4, 0.5) is 0 Å². The van der Waals surface area contributed by atoms with E-state index in [2.05, 4.69) is 47.8 Å². The van der Waals surface area contributed by atoms with Gasteiger partial charge in [-0.25, -0.2) is 8.42 Å². The molecule has 20 heavy (non-hydrogen) atoms. The van der Waals surface area contributed by atoms with Crippen LogP contribution in [0, 0.1) is 5.92 Å². The largest absolute Gasteiger partial charge is 0.424 e. The summed E-state index contributed by atoms with van der Waals surface area (Å²) in [5.74, 6) is 0.0804. The predicted molar refractivity (Wildman–Crippen MR) is 86.6 cm³/mol. The zero-order valence-electron chi connectivity index (χ0n) is 10.2. The zero-order valence-corrected chi connectivity index (χ0v) is 15.8. The number of hydrogen-bond donors (Lipinski definition) is 0. The fraction of sp³-hybridized carbons (Fsp3) is 0.417. The molecule has 0 radical (unpaired) electrons. The van der Waals surface area contributed by atoms with E-state index in [1.54, 1.807) is 12.1 Å². The SMILES string of the molecule is O=C(CC1CCS(=O)(=O)C1)Oc1c(Br)cc(Br)cc1Br. The van der Waals surface area contributed by atoms with Gasteiger partial charge in [-0.1, -0.05) is 15.9 Å². The van der Waals surface area contributed by atoms with Crippen LogP contribution in [0.2, 0.25) is 0 Å². The Labute approximate surface area is 142 Å². The second-order valence-electron chi connectivity index (χ2n) is 4.65. The normalized spacial score (nSPS) is 20.9. The average molecular weight is 491 g/mol. The van der Waals surface area contributed by atoms with Crippen molar-refractivity contribution in [1.82, 2.24) is 0 Å². The highest BCUT2D eigenvalue weighted by Crippen LogP contribution is 2.37. The van der Waals surface area contributed by atoms with Gasteiger partial charge in [0.15, 0.2) is 15.6 Å². The number of ether oxygens (including phenoxy) is 1. The van der Waals surface area contributed by atoms with E-state index in [1.165, 1.54) is 0 Å². The van der Waals surface area contributed by atoms with Crippen molar-refractivity contribution in [3.05, 3.63) is 25.6 Å². The molecule has 0 amide bonds. The van der Waals surface area contributed by atoms with Gasteiger partial charge in [0.2, 0.25) is 0 Å². The Kier molecular flexibility index (Phi) is 5.31. The quantitative estimate of drug-likeness (QED) is 0.479. The average Bonchev–Trinajstić information content (AvgIpc) is 2.63. The van der Waals surface area contributed by atoms with Crippen molar-refractivity contribution in [2.45, 2.75) is 12.8 Å². The number of esters is 1. The van der Waals surface area contributed by atoms with E-state index in [9.17, 15) is 13.2 Å². The van der Waals surface area contributed by atoms with Crippen LogP contribution in [0.15, 0.2) is 25.6 Å². The van der Waals surface area contributed by atoms with Crippen LogP contribution < -0.4 is 4.74 Å². The summed E-state index contributed by atoms with van der Waals surface area (Å²) in [6, 6.07) is 3.54. The Morgan fingerprint density at radius 1 is 1.25 bits per heavy atom. The summed E-state index contributed by atoms with van der Waals surface area (Å²) in [6.45, 7) is 0. The zero-order chi connectivity index (χ0) is 14.9. The molecule has 4 nitrogen and oxygen atoms in total. The van der Waals surface area contributed by atoms with Crippen LogP contribution in [0.1, 0.15) is 12.8 Å². The van der Waals surface area contributed by atoms with Gasteiger partial charge in [-0.05, 0) is 56.3 Å². The molecule has 1 atom stereocenters. The minimum absolute atomic E-state index is 0.0742. The number of rotatable bonds is 3. The van der Waals surface area contributed by atoms with Crippen molar-refractivity contribution in [2.24, 2.45) is 5.92 Å². The molecular weight excluding hydrogens is 480 g/mol.